The number of amides is 1. The van der Waals surface area contributed by atoms with Crippen molar-refractivity contribution >= 4 is 47.6 Å². The van der Waals surface area contributed by atoms with Gasteiger partial charge in [-0.3, -0.25) is 9.79 Å². The summed E-state index contributed by atoms with van der Waals surface area (Å²) in [4.78, 5) is 18.9. The van der Waals surface area contributed by atoms with E-state index in [1.54, 1.807) is 0 Å². The van der Waals surface area contributed by atoms with E-state index in [1.165, 1.54) is 25.7 Å². The molecule has 7 heteroatoms. The molecule has 156 valence electrons. The third-order valence-electron chi connectivity index (χ3n) is 5.59. The number of rotatable bonds is 5. The highest BCUT2D eigenvalue weighted by molar-refractivity contribution is 14.0. The van der Waals surface area contributed by atoms with Crippen LogP contribution in [0.5, 0.6) is 0 Å². The van der Waals surface area contributed by atoms with Crippen LogP contribution in [0.4, 0.5) is 0 Å². The van der Waals surface area contributed by atoms with Crippen molar-refractivity contribution in [1.29, 1.82) is 0 Å². The lowest BCUT2D eigenvalue weighted by Crippen LogP contribution is -2.42. The fourth-order valence-electron chi connectivity index (χ4n) is 3.90. The summed E-state index contributed by atoms with van der Waals surface area (Å²) in [6.07, 6.45) is 9.37. The van der Waals surface area contributed by atoms with Crippen molar-refractivity contribution in [2.45, 2.75) is 56.4 Å². The van der Waals surface area contributed by atoms with E-state index >= 15 is 0 Å². The Morgan fingerprint density at radius 2 is 1.89 bits per heavy atom. The Hall–Kier alpha value is -0.960. The summed E-state index contributed by atoms with van der Waals surface area (Å²) < 4.78 is 0. The van der Waals surface area contributed by atoms with Gasteiger partial charge in [0, 0.05) is 43.5 Å². The van der Waals surface area contributed by atoms with Crippen LogP contribution >= 0.6 is 35.7 Å². The van der Waals surface area contributed by atoms with E-state index in [-0.39, 0.29) is 29.9 Å². The van der Waals surface area contributed by atoms with E-state index in [4.69, 9.17) is 0 Å². The van der Waals surface area contributed by atoms with Crippen molar-refractivity contribution in [2.24, 2.45) is 4.99 Å². The third kappa shape index (κ3) is 6.54. The molecule has 2 aliphatic rings. The maximum absolute atomic E-state index is 12.5. The zero-order valence-electron chi connectivity index (χ0n) is 16.9. The number of piperidine rings is 1. The Morgan fingerprint density at radius 1 is 1.18 bits per heavy atom. The molecule has 2 fully saturated rings. The first-order chi connectivity index (χ1) is 13.2. The predicted molar refractivity (Wildman–Crippen MR) is 130 cm³/mol. The highest BCUT2D eigenvalue weighted by atomic mass is 127. The van der Waals surface area contributed by atoms with Gasteiger partial charge in [-0.25, -0.2) is 0 Å². The number of thioether (sulfide) groups is 1. The Kier molecular flexibility index (Phi) is 9.91. The van der Waals surface area contributed by atoms with E-state index in [1.807, 2.05) is 48.0 Å². The van der Waals surface area contributed by atoms with Gasteiger partial charge in [-0.05, 0) is 62.5 Å². The minimum absolute atomic E-state index is 0. The summed E-state index contributed by atoms with van der Waals surface area (Å²) in [6.45, 7) is 2.49. The number of carbonyl (C=O) groups excluding carboxylic acids is 1. The van der Waals surface area contributed by atoms with Crippen molar-refractivity contribution in [3.8, 4) is 0 Å². The van der Waals surface area contributed by atoms with E-state index < -0.39 is 0 Å². The quantitative estimate of drug-likeness (QED) is 0.355. The number of aliphatic imine (C=N–C) groups is 1. The van der Waals surface area contributed by atoms with Gasteiger partial charge in [-0.2, -0.15) is 11.8 Å². The topological polar surface area (TPSA) is 56.7 Å². The molecule has 0 bridgehead atoms. The van der Waals surface area contributed by atoms with Crippen LogP contribution in [0, 0.1) is 0 Å². The molecule has 1 saturated carbocycles. The second-order valence-electron chi connectivity index (χ2n) is 7.49. The summed E-state index contributed by atoms with van der Waals surface area (Å²) in [5.74, 6) is 1.02. The van der Waals surface area contributed by atoms with Gasteiger partial charge in [0.25, 0.3) is 5.91 Å². The molecule has 2 N–H and O–H groups in total. The number of nitrogens with one attached hydrogen (secondary N) is 2. The number of hydrogen-bond acceptors (Lipinski definition) is 3. The molecule has 5 nitrogen and oxygen atoms in total. The lowest BCUT2D eigenvalue weighted by atomic mass is 10.1. The van der Waals surface area contributed by atoms with Crippen molar-refractivity contribution in [2.75, 3.05) is 26.4 Å². The van der Waals surface area contributed by atoms with E-state index in [0.717, 1.165) is 48.3 Å². The molecule has 1 heterocycles. The Bertz CT molecular complexity index is 646. The standard InChI is InChI=1S/C21H32N4OS.HI/c1-22-21(24-18-10-11-19(14-18)27-2)23-15-16-6-8-17(9-7-16)20(26)25-12-4-3-5-13-25;/h6-9,18-19H,3-5,10-15H2,1-2H3,(H2,22,23,24);1H. The highest BCUT2D eigenvalue weighted by Crippen LogP contribution is 2.28. The number of guanidine groups is 1. The molecular weight excluding hydrogens is 483 g/mol. The minimum Gasteiger partial charge on any atom is -0.354 e. The maximum Gasteiger partial charge on any atom is 0.253 e. The van der Waals surface area contributed by atoms with Crippen LogP contribution in [-0.2, 0) is 6.54 Å². The summed E-state index contributed by atoms with van der Waals surface area (Å²) in [5.41, 5.74) is 1.94. The van der Waals surface area contributed by atoms with Gasteiger partial charge < -0.3 is 15.5 Å². The first kappa shape index (κ1) is 23.3. The van der Waals surface area contributed by atoms with Crippen LogP contribution in [-0.4, -0.2) is 54.5 Å². The maximum atomic E-state index is 12.5. The third-order valence-corrected chi connectivity index (χ3v) is 6.68. The van der Waals surface area contributed by atoms with Crippen molar-refractivity contribution in [3.63, 3.8) is 0 Å². The van der Waals surface area contributed by atoms with Gasteiger partial charge in [0.05, 0.1) is 0 Å². The Balaban J connectivity index is 0.00000280. The molecule has 28 heavy (non-hydrogen) atoms. The molecule has 0 radical (unpaired) electrons. The van der Waals surface area contributed by atoms with Gasteiger partial charge in [0.2, 0.25) is 0 Å². The average molecular weight is 516 g/mol. The molecule has 3 rings (SSSR count). The molecule has 1 aliphatic heterocycles. The van der Waals surface area contributed by atoms with Crippen LogP contribution in [0.3, 0.4) is 0 Å². The summed E-state index contributed by atoms with van der Waals surface area (Å²) >= 11 is 1.96. The van der Waals surface area contributed by atoms with Crippen molar-refractivity contribution < 1.29 is 4.79 Å². The van der Waals surface area contributed by atoms with Crippen LogP contribution in [0.2, 0.25) is 0 Å². The Morgan fingerprint density at radius 3 is 2.50 bits per heavy atom. The fourth-order valence-corrected chi connectivity index (χ4v) is 4.70. The smallest absolute Gasteiger partial charge is 0.253 e. The molecule has 1 amide bonds. The molecular formula is C21H33IN4OS. The Labute approximate surface area is 190 Å². The molecule has 2 unspecified atom stereocenters. The molecule has 1 aromatic rings. The molecule has 0 spiro atoms. The molecule has 1 saturated heterocycles. The average Bonchev–Trinajstić information content (AvgIpc) is 3.19. The van der Waals surface area contributed by atoms with Crippen LogP contribution in [0.1, 0.15) is 54.4 Å². The minimum atomic E-state index is 0. The number of halogens is 1. The summed E-state index contributed by atoms with van der Waals surface area (Å²) in [7, 11) is 1.82. The number of carbonyl (C=O) groups is 1. The van der Waals surface area contributed by atoms with Crippen LogP contribution < -0.4 is 10.6 Å². The van der Waals surface area contributed by atoms with Gasteiger partial charge >= 0.3 is 0 Å². The molecule has 1 aromatic carbocycles. The lowest BCUT2D eigenvalue weighted by molar-refractivity contribution is 0.0724. The largest absolute Gasteiger partial charge is 0.354 e. The number of benzene rings is 1. The highest BCUT2D eigenvalue weighted by Gasteiger charge is 2.24. The monoisotopic (exact) mass is 516 g/mol. The van der Waals surface area contributed by atoms with Crippen LogP contribution in [0.15, 0.2) is 29.3 Å². The predicted octanol–water partition coefficient (Wildman–Crippen LogP) is 3.88. The van der Waals surface area contributed by atoms with E-state index in [0.29, 0.717) is 12.6 Å². The number of hydrogen-bond donors (Lipinski definition) is 2. The fraction of sp³-hybridized carbons (Fsp3) is 0.619. The van der Waals surface area contributed by atoms with Crippen LogP contribution in [0.25, 0.3) is 0 Å². The van der Waals surface area contributed by atoms with E-state index in [9.17, 15) is 4.79 Å². The normalized spacial score (nSPS) is 22.5. The number of nitrogens with zero attached hydrogens (tertiary/aromatic N) is 2. The zero-order valence-corrected chi connectivity index (χ0v) is 20.1. The molecule has 0 aromatic heterocycles. The van der Waals surface area contributed by atoms with Crippen molar-refractivity contribution in [1.82, 2.24) is 15.5 Å². The lowest BCUT2D eigenvalue weighted by Gasteiger charge is -2.26. The van der Waals surface area contributed by atoms with E-state index in [2.05, 4.69) is 21.9 Å². The van der Waals surface area contributed by atoms with Gasteiger partial charge in [-0.1, -0.05) is 12.1 Å². The van der Waals surface area contributed by atoms with Gasteiger partial charge in [0.15, 0.2) is 5.96 Å². The van der Waals surface area contributed by atoms with Crippen molar-refractivity contribution in [3.05, 3.63) is 35.4 Å². The number of likely N-dealkylation sites (tertiary alicyclic amines) is 1. The second kappa shape index (κ2) is 11.9. The summed E-state index contributed by atoms with van der Waals surface area (Å²) in [6, 6.07) is 8.49. The second-order valence-corrected chi connectivity index (χ2v) is 8.63. The first-order valence-corrected chi connectivity index (χ1v) is 11.4. The summed E-state index contributed by atoms with van der Waals surface area (Å²) in [5, 5.41) is 7.70. The zero-order chi connectivity index (χ0) is 19.1. The molecule has 1 aliphatic carbocycles. The van der Waals surface area contributed by atoms with Gasteiger partial charge in [0.1, 0.15) is 0 Å². The SMILES string of the molecule is CN=C(NCc1ccc(C(=O)N2CCCCC2)cc1)NC1CCC(SC)C1.I. The van der Waals surface area contributed by atoms with Gasteiger partial charge in [-0.15, -0.1) is 24.0 Å². The molecule has 2 atom stereocenters. The first-order valence-electron chi connectivity index (χ1n) is 10.1.